The number of hydrogen-bond donors (Lipinski definition) is 4. The fourth-order valence-electron chi connectivity index (χ4n) is 1.72. The van der Waals surface area contributed by atoms with Gasteiger partial charge in [0.25, 0.3) is 0 Å². The summed E-state index contributed by atoms with van der Waals surface area (Å²) in [6.45, 7) is 0. The van der Waals surface area contributed by atoms with Gasteiger partial charge in [-0.1, -0.05) is 5.16 Å². The number of amidine groups is 1. The summed E-state index contributed by atoms with van der Waals surface area (Å²) in [6, 6.07) is 12.6. The Bertz CT molecular complexity index is 792. The van der Waals surface area contributed by atoms with Crippen LogP contribution in [0.5, 0.6) is 0 Å². The summed E-state index contributed by atoms with van der Waals surface area (Å²) in [5, 5.41) is 25.7. The number of oxime groups is 1. The van der Waals surface area contributed by atoms with Gasteiger partial charge in [-0.25, -0.2) is 14.7 Å². The van der Waals surface area contributed by atoms with Crippen LogP contribution in [0.15, 0.2) is 53.7 Å². The Balaban J connectivity index is -0.000000376. The lowest BCUT2D eigenvalue weighted by Gasteiger charge is -2.17. The van der Waals surface area contributed by atoms with E-state index in [0.29, 0.717) is 11.1 Å². The number of rotatable bonds is 4. The second kappa shape index (κ2) is 20.7. The van der Waals surface area contributed by atoms with Crippen molar-refractivity contribution in [3.63, 3.8) is 0 Å². The highest BCUT2D eigenvalue weighted by Gasteiger charge is 2.18. The molecular weight excluding hydrogens is 427 g/mol. The standard InChI is InChI=1S/C7H7FN2O.C7H4FN.B9.ClH.H3NO/c8-6-3-1-5(2-4-6)7(9)10-11;8-7-3-1-6(5-9)2-4-7;1-6-9(7(2)3)8(4)5;;1-2/h1-4,11H,(H2,9,10);1-4H;;1H;2H,1H2. The van der Waals surface area contributed by atoms with E-state index in [0.717, 1.165) is 0 Å². The van der Waals surface area contributed by atoms with Crippen molar-refractivity contribution in [2.24, 2.45) is 16.8 Å². The van der Waals surface area contributed by atoms with Crippen LogP contribution < -0.4 is 11.6 Å². The van der Waals surface area contributed by atoms with Crippen molar-refractivity contribution in [1.82, 2.24) is 0 Å². The average molecular weight is 442 g/mol. The molecule has 11 radical (unpaired) electrons. The zero-order chi connectivity index (χ0) is 24.4. The molecule has 0 aromatic heterocycles. The van der Waals surface area contributed by atoms with Crippen LogP contribution in [0, 0.1) is 23.0 Å². The summed E-state index contributed by atoms with van der Waals surface area (Å²) in [4.78, 5) is 0. The first-order valence-corrected chi connectivity index (χ1v) is 8.38. The summed E-state index contributed by atoms with van der Waals surface area (Å²) in [6.07, 6.45) is -1.46. The van der Waals surface area contributed by atoms with Gasteiger partial charge in [0, 0.05) is 70.5 Å². The van der Waals surface area contributed by atoms with Gasteiger partial charge in [-0.2, -0.15) is 5.26 Å². The van der Waals surface area contributed by atoms with E-state index in [1.54, 1.807) is 0 Å². The Morgan fingerprint density at radius 2 is 1.31 bits per heavy atom. The maximum atomic E-state index is 12.3. The lowest BCUT2D eigenvalue weighted by Crippen LogP contribution is -2.55. The number of halogens is 3. The Hall–Kier alpha value is -2.15. The van der Waals surface area contributed by atoms with Crippen molar-refractivity contribution in [3.05, 3.63) is 71.3 Å². The third kappa shape index (κ3) is 15.6. The van der Waals surface area contributed by atoms with Crippen molar-refractivity contribution >= 4 is 83.1 Å². The molecule has 0 saturated carbocycles. The minimum atomic E-state index is -0.574. The Morgan fingerprint density at radius 1 is 0.938 bits per heavy atom. The van der Waals surface area contributed by atoms with Crippen molar-refractivity contribution in [2.75, 3.05) is 0 Å². The largest absolute Gasteiger partial charge is 0.409 e. The second-order valence-electron chi connectivity index (χ2n) is 5.54. The molecule has 2 rings (SSSR count). The van der Waals surface area contributed by atoms with Crippen LogP contribution in [0.1, 0.15) is 11.1 Å². The molecular formula is C14H15B9ClF2N4O2. The van der Waals surface area contributed by atoms with E-state index in [4.69, 9.17) is 60.1 Å². The SMILES string of the molecule is Cl.N#Cc1ccc(F)cc1.N/C(=N/O)c1ccc(F)cc1.NO.[B][B]B(B([B])[B])B([B])[B]. The van der Waals surface area contributed by atoms with Crippen LogP contribution in [0.2, 0.25) is 0 Å². The molecule has 0 fully saturated rings. The van der Waals surface area contributed by atoms with E-state index in [1.165, 1.54) is 55.6 Å². The molecule has 0 heterocycles. The summed E-state index contributed by atoms with van der Waals surface area (Å²) in [7, 11) is 27.5. The zero-order valence-corrected chi connectivity index (χ0v) is 17.7. The van der Waals surface area contributed by atoms with Gasteiger partial charge >= 0.3 is 0 Å². The van der Waals surface area contributed by atoms with Crippen molar-refractivity contribution < 1.29 is 19.2 Å². The molecule has 0 atom stereocenters. The van der Waals surface area contributed by atoms with Crippen LogP contribution in [-0.4, -0.2) is 81.2 Å². The molecule has 2 aromatic carbocycles. The van der Waals surface area contributed by atoms with Gasteiger partial charge < -0.3 is 16.1 Å². The molecule has 2 aromatic rings. The van der Waals surface area contributed by atoms with Crippen LogP contribution >= 0.6 is 12.4 Å². The molecule has 6 nitrogen and oxygen atoms in total. The van der Waals surface area contributed by atoms with Crippen LogP contribution in [0.4, 0.5) is 8.78 Å². The van der Waals surface area contributed by atoms with Gasteiger partial charge in [0.2, 0.25) is 0 Å². The fourth-order valence-corrected chi connectivity index (χ4v) is 1.72. The van der Waals surface area contributed by atoms with Gasteiger partial charge in [0.15, 0.2) is 5.84 Å². The van der Waals surface area contributed by atoms with E-state index in [9.17, 15) is 8.78 Å². The molecule has 6 N–H and O–H groups in total. The predicted molar refractivity (Wildman–Crippen MR) is 135 cm³/mol. The summed E-state index contributed by atoms with van der Waals surface area (Å²) < 4.78 is 24.4. The molecule has 0 bridgehead atoms. The molecule has 151 valence electrons. The summed E-state index contributed by atoms with van der Waals surface area (Å²) in [5.41, 5.74) is 6.20. The number of benzene rings is 2. The molecule has 0 aliphatic rings. The number of nitrogens with zero attached hydrogens (tertiary/aromatic N) is 2. The van der Waals surface area contributed by atoms with Crippen LogP contribution in [0.3, 0.4) is 0 Å². The minimum Gasteiger partial charge on any atom is -0.409 e. The summed E-state index contributed by atoms with van der Waals surface area (Å²) in [5.74, 6) is 2.82. The maximum Gasteiger partial charge on any atom is 0.170 e. The molecule has 32 heavy (non-hydrogen) atoms. The molecule has 18 heteroatoms. The average Bonchev–Trinajstić information content (AvgIpc) is 2.76. The van der Waals surface area contributed by atoms with E-state index in [-0.39, 0.29) is 36.3 Å². The van der Waals surface area contributed by atoms with E-state index in [2.05, 4.69) is 11.1 Å². The first-order chi connectivity index (χ1) is 14.7. The number of hydrogen-bond acceptors (Lipinski definition) is 5. The Kier molecular flexibility index (Phi) is 22.3. The van der Waals surface area contributed by atoms with Gasteiger partial charge in [-0.3, -0.25) is 0 Å². The first kappa shape index (κ1) is 34.5. The maximum absolute atomic E-state index is 12.3. The molecule has 0 saturated heterocycles. The Labute approximate surface area is 201 Å². The van der Waals surface area contributed by atoms with E-state index < -0.39 is 12.8 Å². The smallest absolute Gasteiger partial charge is 0.170 e. The van der Waals surface area contributed by atoms with Gasteiger partial charge in [0.1, 0.15) is 11.6 Å². The lowest BCUT2D eigenvalue weighted by molar-refractivity contribution is 0.311. The van der Waals surface area contributed by atoms with E-state index >= 15 is 0 Å². The first-order valence-electron chi connectivity index (χ1n) is 8.38. The van der Waals surface area contributed by atoms with Gasteiger partial charge in [0.05, 0.1) is 11.6 Å². The Morgan fingerprint density at radius 3 is 1.56 bits per heavy atom. The fraction of sp³-hybridized carbons (Fsp3) is 0. The van der Waals surface area contributed by atoms with Crippen LogP contribution in [-0.2, 0) is 0 Å². The van der Waals surface area contributed by atoms with Crippen molar-refractivity contribution in [1.29, 1.82) is 5.26 Å². The highest BCUT2D eigenvalue weighted by atomic mass is 35.5. The zero-order valence-electron chi connectivity index (χ0n) is 16.9. The molecule has 0 aliphatic heterocycles. The third-order valence-corrected chi connectivity index (χ3v) is 3.33. The highest BCUT2D eigenvalue weighted by Crippen LogP contribution is 2.01. The highest BCUT2D eigenvalue weighted by molar-refractivity contribution is 7.93. The normalized spacial score (nSPS) is 8.78. The van der Waals surface area contributed by atoms with Crippen molar-refractivity contribution in [3.8, 4) is 6.07 Å². The third-order valence-electron chi connectivity index (χ3n) is 3.33. The van der Waals surface area contributed by atoms with E-state index in [1.807, 2.05) is 6.07 Å². The molecule has 0 amide bonds. The van der Waals surface area contributed by atoms with Gasteiger partial charge in [-0.15, -0.1) is 12.4 Å². The monoisotopic (exact) mass is 443 g/mol. The summed E-state index contributed by atoms with van der Waals surface area (Å²) >= 11 is 0. The van der Waals surface area contributed by atoms with Crippen molar-refractivity contribution in [2.45, 2.75) is 0 Å². The molecule has 0 aliphatic carbocycles. The van der Waals surface area contributed by atoms with Gasteiger partial charge in [-0.05, 0) is 48.5 Å². The predicted octanol–water partition coefficient (Wildman–Crippen LogP) is -1.05. The topological polar surface area (TPSA) is 129 Å². The second-order valence-corrected chi connectivity index (χ2v) is 5.54. The molecule has 0 spiro atoms. The lowest BCUT2D eigenvalue weighted by atomic mass is 8.64. The number of nitriles is 1. The minimum absolute atomic E-state index is 0. The number of nitrogens with two attached hydrogens (primary N) is 2. The quantitative estimate of drug-likeness (QED) is 0.158. The molecule has 0 unspecified atom stereocenters. The van der Waals surface area contributed by atoms with Crippen LogP contribution in [0.25, 0.3) is 0 Å².